The highest BCUT2D eigenvalue weighted by molar-refractivity contribution is 6.72. The van der Waals surface area contributed by atoms with Gasteiger partial charge < -0.3 is 28.7 Å². The highest BCUT2D eigenvalue weighted by Gasteiger charge is 2.67. The normalized spacial score (nSPS) is 25.4. The van der Waals surface area contributed by atoms with Crippen LogP contribution in [0.4, 0.5) is 15.5 Å². The van der Waals surface area contributed by atoms with Crippen LogP contribution >= 0.6 is 0 Å². The standard InChI is InChI=1S/C33H42FN3O5Si/c1-5-16-37-27-15-14-25(36-17-10-9-13-29(36)39)20-26(27)33(32(37)41)23(2)31(43(3,4)34)28(42-33)21-30(40)35(18-19-38)22-24-11-7-6-8-12-24/h5-8,11-12,14-15,20,23,28,31,38H,1,9-10,13,16-19,21-22H2,2-4H3/t23-,28+,31-,33+/m0/s1. The number of carbonyl (C=O) groups is 3. The smallest absolute Gasteiger partial charge is 0.264 e. The molecule has 4 atom stereocenters. The van der Waals surface area contributed by atoms with E-state index in [4.69, 9.17) is 4.74 Å². The molecule has 0 unspecified atom stereocenters. The van der Waals surface area contributed by atoms with Gasteiger partial charge in [-0.3, -0.25) is 14.4 Å². The molecule has 2 aromatic rings. The zero-order chi connectivity index (χ0) is 30.9. The number of hydrogen-bond donors (Lipinski definition) is 1. The van der Waals surface area contributed by atoms with Gasteiger partial charge in [-0.1, -0.05) is 43.3 Å². The van der Waals surface area contributed by atoms with Gasteiger partial charge in [-0.15, -0.1) is 6.58 Å². The van der Waals surface area contributed by atoms with Crippen LogP contribution in [0.3, 0.4) is 0 Å². The quantitative estimate of drug-likeness (QED) is 0.235. The van der Waals surface area contributed by atoms with Crippen molar-refractivity contribution in [3.63, 3.8) is 0 Å². The van der Waals surface area contributed by atoms with E-state index in [0.717, 1.165) is 18.4 Å². The van der Waals surface area contributed by atoms with E-state index in [2.05, 4.69) is 6.58 Å². The maximum Gasteiger partial charge on any atom is 0.264 e. The van der Waals surface area contributed by atoms with Crippen LogP contribution in [0.2, 0.25) is 18.6 Å². The Morgan fingerprint density at radius 3 is 2.60 bits per heavy atom. The summed E-state index contributed by atoms with van der Waals surface area (Å²) in [6.45, 7) is 9.97. The van der Waals surface area contributed by atoms with Gasteiger partial charge in [-0.2, -0.15) is 0 Å². The van der Waals surface area contributed by atoms with Gasteiger partial charge in [-0.05, 0) is 49.7 Å². The molecule has 0 bridgehead atoms. The fourth-order valence-electron chi connectivity index (χ4n) is 7.31. The molecule has 3 aliphatic heterocycles. The summed E-state index contributed by atoms with van der Waals surface area (Å²) in [5, 5.41) is 9.73. The van der Waals surface area contributed by atoms with E-state index in [9.17, 15) is 19.5 Å². The van der Waals surface area contributed by atoms with Gasteiger partial charge in [0, 0.05) is 55.3 Å². The molecule has 0 radical (unpaired) electrons. The minimum atomic E-state index is -3.49. The van der Waals surface area contributed by atoms with Gasteiger partial charge >= 0.3 is 0 Å². The third kappa shape index (κ3) is 5.68. The summed E-state index contributed by atoms with van der Waals surface area (Å²) in [5.41, 5.74) is 0.720. The van der Waals surface area contributed by atoms with Crippen molar-refractivity contribution in [2.24, 2.45) is 5.92 Å². The lowest BCUT2D eigenvalue weighted by atomic mass is 9.82. The van der Waals surface area contributed by atoms with E-state index < -0.39 is 31.6 Å². The van der Waals surface area contributed by atoms with Crippen molar-refractivity contribution in [2.75, 3.05) is 36.0 Å². The van der Waals surface area contributed by atoms with E-state index in [1.807, 2.05) is 55.5 Å². The Morgan fingerprint density at radius 2 is 1.95 bits per heavy atom. The number of nitrogens with zero attached hydrogens (tertiary/aromatic N) is 3. The Balaban J connectivity index is 1.53. The molecule has 3 heterocycles. The van der Waals surface area contributed by atoms with Crippen LogP contribution in [0, 0.1) is 5.92 Å². The fraction of sp³-hybridized carbons (Fsp3) is 0.485. The number of piperidine rings is 1. The average Bonchev–Trinajstić information content (AvgIpc) is 3.40. The first-order chi connectivity index (χ1) is 20.5. The molecule has 0 aliphatic carbocycles. The first-order valence-electron chi connectivity index (χ1n) is 15.2. The second-order valence-corrected chi connectivity index (χ2v) is 16.2. The lowest BCUT2D eigenvalue weighted by Crippen LogP contribution is -2.45. The summed E-state index contributed by atoms with van der Waals surface area (Å²) in [4.78, 5) is 45.8. The predicted octanol–water partition coefficient (Wildman–Crippen LogP) is 4.92. The Morgan fingerprint density at radius 1 is 1.21 bits per heavy atom. The Labute approximate surface area is 254 Å². The predicted molar refractivity (Wildman–Crippen MR) is 167 cm³/mol. The number of anilines is 2. The molecule has 10 heteroatoms. The van der Waals surface area contributed by atoms with E-state index in [0.29, 0.717) is 36.4 Å². The maximum atomic E-state index is 16.2. The molecule has 3 amide bonds. The molecule has 2 aromatic carbocycles. The topological polar surface area (TPSA) is 90.4 Å². The number of halogens is 1. The van der Waals surface area contributed by atoms with E-state index in [-0.39, 0.29) is 43.8 Å². The zero-order valence-electron chi connectivity index (χ0n) is 25.3. The molecule has 230 valence electrons. The molecule has 1 spiro atoms. The number of benzene rings is 2. The molecule has 1 N–H and O–H groups in total. The molecule has 43 heavy (non-hydrogen) atoms. The molecule has 2 saturated heterocycles. The molecule has 5 rings (SSSR count). The molecule has 0 aromatic heterocycles. The SMILES string of the molecule is C=CCN1C(=O)[C@]2(O[C@H](CC(=O)N(CCO)Cc3ccccc3)[C@@H]([Si](C)(C)F)[C@@H]2C)c2cc(N3CCCCC3=O)ccc21. The molecular formula is C33H42FN3O5Si. The Hall–Kier alpha value is -3.34. The minimum absolute atomic E-state index is 0.0361. The number of fused-ring (bicyclic) bond motifs is 2. The number of rotatable bonds is 10. The summed E-state index contributed by atoms with van der Waals surface area (Å²) >= 11 is 0. The second-order valence-electron chi connectivity index (χ2n) is 12.4. The molecule has 8 nitrogen and oxygen atoms in total. The molecule has 2 fully saturated rings. The van der Waals surface area contributed by atoms with E-state index in [1.165, 1.54) is 0 Å². The van der Waals surface area contributed by atoms with Crippen molar-refractivity contribution in [3.05, 3.63) is 72.3 Å². The number of amides is 3. The van der Waals surface area contributed by atoms with Crippen LogP contribution in [0.15, 0.2) is 61.2 Å². The van der Waals surface area contributed by atoms with Crippen LogP contribution in [0.25, 0.3) is 0 Å². The van der Waals surface area contributed by atoms with Crippen LogP contribution in [0.1, 0.15) is 43.7 Å². The summed E-state index contributed by atoms with van der Waals surface area (Å²) in [6.07, 6.45) is 2.90. The van der Waals surface area contributed by atoms with Crippen molar-refractivity contribution in [1.29, 1.82) is 0 Å². The third-order valence-corrected chi connectivity index (χ3v) is 11.7. The van der Waals surface area contributed by atoms with E-state index in [1.54, 1.807) is 33.9 Å². The number of aliphatic hydroxyl groups excluding tert-OH is 1. The number of ether oxygens (including phenoxy) is 1. The van der Waals surface area contributed by atoms with Crippen molar-refractivity contribution in [3.8, 4) is 0 Å². The summed E-state index contributed by atoms with van der Waals surface area (Å²) in [5.74, 6) is -1.09. The summed E-state index contributed by atoms with van der Waals surface area (Å²) < 4.78 is 23.0. The molecule has 3 aliphatic rings. The number of hydrogen-bond acceptors (Lipinski definition) is 5. The lowest BCUT2D eigenvalue weighted by Gasteiger charge is -2.32. The van der Waals surface area contributed by atoms with Crippen molar-refractivity contribution >= 4 is 37.5 Å². The summed E-state index contributed by atoms with van der Waals surface area (Å²) in [6, 6.07) is 15.0. The Kier molecular flexibility index (Phi) is 8.92. The van der Waals surface area contributed by atoms with Crippen LogP contribution in [0.5, 0.6) is 0 Å². The van der Waals surface area contributed by atoms with Crippen LogP contribution in [-0.2, 0) is 31.3 Å². The third-order valence-electron chi connectivity index (χ3n) is 9.21. The minimum Gasteiger partial charge on any atom is -0.395 e. The van der Waals surface area contributed by atoms with Gasteiger partial charge in [0.1, 0.15) is 0 Å². The largest absolute Gasteiger partial charge is 0.395 e. The Bertz CT molecular complexity index is 1380. The molecular weight excluding hydrogens is 565 g/mol. The van der Waals surface area contributed by atoms with Crippen molar-refractivity contribution in [2.45, 2.75) is 69.5 Å². The van der Waals surface area contributed by atoms with Gasteiger partial charge in [-0.25, -0.2) is 0 Å². The van der Waals surface area contributed by atoms with Gasteiger partial charge in [0.15, 0.2) is 5.60 Å². The maximum absolute atomic E-state index is 16.2. The lowest BCUT2D eigenvalue weighted by molar-refractivity contribution is -0.149. The van der Waals surface area contributed by atoms with Gasteiger partial charge in [0.2, 0.25) is 20.2 Å². The first kappa shape index (κ1) is 31.1. The second kappa shape index (κ2) is 12.3. The highest BCUT2D eigenvalue weighted by Crippen LogP contribution is 2.60. The summed E-state index contributed by atoms with van der Waals surface area (Å²) in [7, 11) is -3.49. The fourth-order valence-corrected chi connectivity index (χ4v) is 9.80. The monoisotopic (exact) mass is 607 g/mol. The van der Waals surface area contributed by atoms with Gasteiger partial charge in [0.05, 0.1) is 24.8 Å². The highest BCUT2D eigenvalue weighted by atomic mass is 28.4. The van der Waals surface area contributed by atoms with Crippen LogP contribution < -0.4 is 9.80 Å². The number of aliphatic hydroxyl groups is 1. The van der Waals surface area contributed by atoms with E-state index >= 15 is 4.11 Å². The molecule has 0 saturated carbocycles. The van der Waals surface area contributed by atoms with Crippen molar-refractivity contribution < 1.29 is 28.3 Å². The number of carbonyl (C=O) groups excluding carboxylic acids is 3. The average molecular weight is 608 g/mol. The zero-order valence-corrected chi connectivity index (χ0v) is 26.3. The van der Waals surface area contributed by atoms with Crippen molar-refractivity contribution in [1.82, 2.24) is 4.90 Å². The van der Waals surface area contributed by atoms with Gasteiger partial charge in [0.25, 0.3) is 5.91 Å². The first-order valence-corrected chi connectivity index (χ1v) is 18.2. The van der Waals surface area contributed by atoms with Crippen LogP contribution in [-0.4, -0.2) is 68.5 Å².